The van der Waals surface area contributed by atoms with Crippen molar-refractivity contribution in [3.05, 3.63) is 0 Å². The molecule has 0 aliphatic carbocycles. The van der Waals surface area contributed by atoms with Crippen molar-refractivity contribution < 1.29 is 14.3 Å². The summed E-state index contributed by atoms with van der Waals surface area (Å²) in [6, 6.07) is -0.0889. The molecule has 19 heavy (non-hydrogen) atoms. The number of piperazine rings is 1. The number of carbonyl (C=O) groups is 2. The Balaban J connectivity index is 1.88. The van der Waals surface area contributed by atoms with Crippen LogP contribution in [0.5, 0.6) is 0 Å². The third kappa shape index (κ3) is 3.37. The Morgan fingerprint density at radius 1 is 1.37 bits per heavy atom. The van der Waals surface area contributed by atoms with E-state index in [0.29, 0.717) is 6.42 Å². The van der Waals surface area contributed by atoms with Crippen molar-refractivity contribution in [2.75, 3.05) is 26.7 Å². The maximum atomic E-state index is 12.0. The van der Waals surface area contributed by atoms with Gasteiger partial charge >= 0.3 is 6.09 Å². The molecule has 108 valence electrons. The van der Waals surface area contributed by atoms with E-state index in [0.717, 1.165) is 19.6 Å². The first-order valence-corrected chi connectivity index (χ1v) is 6.75. The van der Waals surface area contributed by atoms with Gasteiger partial charge in [0, 0.05) is 32.7 Å². The van der Waals surface area contributed by atoms with E-state index in [9.17, 15) is 9.59 Å². The van der Waals surface area contributed by atoms with Crippen LogP contribution in [0, 0.1) is 0 Å². The Kier molecular flexibility index (Phi) is 3.71. The van der Waals surface area contributed by atoms with E-state index in [2.05, 4.69) is 10.2 Å². The standard InChI is InChI=1S/C13H23N3O3/c1-13(2,3)19-12(18)14-9-7-10-11(17)15(4)5-6-16(10)8-9/h9-10H,5-8H2,1-4H3,(H,14,18)/t9-,10+/m0/s1. The maximum Gasteiger partial charge on any atom is 0.407 e. The Hall–Kier alpha value is -1.30. The van der Waals surface area contributed by atoms with Crippen LogP contribution in [0.15, 0.2) is 0 Å². The topological polar surface area (TPSA) is 61.9 Å². The highest BCUT2D eigenvalue weighted by molar-refractivity contribution is 5.83. The Labute approximate surface area is 114 Å². The zero-order chi connectivity index (χ0) is 14.2. The van der Waals surface area contributed by atoms with Crippen LogP contribution in [0.25, 0.3) is 0 Å². The summed E-state index contributed by atoms with van der Waals surface area (Å²) in [5, 5.41) is 2.85. The zero-order valence-corrected chi connectivity index (χ0v) is 12.1. The summed E-state index contributed by atoms with van der Waals surface area (Å²) in [7, 11) is 1.83. The number of carbonyl (C=O) groups excluding carboxylic acids is 2. The summed E-state index contributed by atoms with van der Waals surface area (Å²) in [6.45, 7) is 7.87. The van der Waals surface area contributed by atoms with Crippen molar-refractivity contribution in [1.82, 2.24) is 15.1 Å². The minimum atomic E-state index is -0.494. The summed E-state index contributed by atoms with van der Waals surface area (Å²) >= 11 is 0. The summed E-state index contributed by atoms with van der Waals surface area (Å²) in [5.41, 5.74) is -0.494. The van der Waals surface area contributed by atoms with E-state index in [-0.39, 0.29) is 18.0 Å². The maximum absolute atomic E-state index is 12.0. The van der Waals surface area contributed by atoms with E-state index in [1.807, 2.05) is 27.8 Å². The number of nitrogens with one attached hydrogen (secondary N) is 1. The molecule has 6 heteroatoms. The number of ether oxygens (including phenoxy) is 1. The molecule has 0 radical (unpaired) electrons. The molecule has 2 fully saturated rings. The van der Waals surface area contributed by atoms with Gasteiger partial charge in [0.25, 0.3) is 0 Å². The number of hydrogen-bond donors (Lipinski definition) is 1. The molecule has 0 saturated carbocycles. The molecule has 0 aromatic carbocycles. The van der Waals surface area contributed by atoms with Crippen LogP contribution < -0.4 is 5.32 Å². The van der Waals surface area contributed by atoms with Gasteiger partial charge in [0.05, 0.1) is 6.04 Å². The van der Waals surface area contributed by atoms with Crippen molar-refractivity contribution in [3.63, 3.8) is 0 Å². The second-order valence-corrected chi connectivity index (χ2v) is 6.35. The van der Waals surface area contributed by atoms with Gasteiger partial charge in [-0.05, 0) is 27.2 Å². The highest BCUT2D eigenvalue weighted by atomic mass is 16.6. The summed E-state index contributed by atoms with van der Waals surface area (Å²) < 4.78 is 5.24. The number of amides is 2. The molecule has 2 atom stereocenters. The Bertz CT molecular complexity index is 378. The minimum absolute atomic E-state index is 0.00435. The largest absolute Gasteiger partial charge is 0.444 e. The zero-order valence-electron chi connectivity index (χ0n) is 12.1. The first-order chi connectivity index (χ1) is 8.76. The van der Waals surface area contributed by atoms with E-state index in [1.54, 1.807) is 4.90 Å². The van der Waals surface area contributed by atoms with Gasteiger partial charge in [-0.3, -0.25) is 9.69 Å². The molecular weight excluding hydrogens is 246 g/mol. The predicted octanol–water partition coefficient (Wildman–Crippen LogP) is 0.426. The Morgan fingerprint density at radius 2 is 2.05 bits per heavy atom. The SMILES string of the molecule is CN1CCN2C[C@@H](NC(=O)OC(C)(C)C)C[C@@H]2C1=O. The average molecular weight is 269 g/mol. The van der Waals surface area contributed by atoms with E-state index < -0.39 is 11.7 Å². The lowest BCUT2D eigenvalue weighted by Gasteiger charge is -2.34. The molecule has 2 rings (SSSR count). The van der Waals surface area contributed by atoms with Crippen molar-refractivity contribution in [1.29, 1.82) is 0 Å². The third-order valence-electron chi connectivity index (χ3n) is 3.51. The second-order valence-electron chi connectivity index (χ2n) is 6.35. The van der Waals surface area contributed by atoms with Gasteiger partial charge in [-0.25, -0.2) is 4.79 Å². The number of nitrogens with zero attached hydrogens (tertiary/aromatic N) is 2. The summed E-state index contributed by atoms with van der Waals surface area (Å²) in [5.74, 6) is 0.153. The molecular formula is C13H23N3O3. The lowest BCUT2D eigenvalue weighted by atomic mass is 10.1. The molecule has 1 N–H and O–H groups in total. The first kappa shape index (κ1) is 14.1. The number of fused-ring (bicyclic) bond motifs is 1. The summed E-state index contributed by atoms with van der Waals surface area (Å²) in [4.78, 5) is 27.6. The van der Waals surface area contributed by atoms with Crippen LogP contribution in [0.2, 0.25) is 0 Å². The molecule has 0 unspecified atom stereocenters. The van der Waals surface area contributed by atoms with Crippen LogP contribution in [0.3, 0.4) is 0 Å². The third-order valence-corrected chi connectivity index (χ3v) is 3.51. The molecule has 0 spiro atoms. The normalized spacial score (nSPS) is 28.2. The Morgan fingerprint density at radius 3 is 2.68 bits per heavy atom. The van der Waals surface area contributed by atoms with Crippen LogP contribution >= 0.6 is 0 Å². The van der Waals surface area contributed by atoms with Gasteiger partial charge in [0.1, 0.15) is 5.60 Å². The molecule has 0 aromatic heterocycles. The van der Waals surface area contributed by atoms with Crippen molar-refractivity contribution in [3.8, 4) is 0 Å². The lowest BCUT2D eigenvalue weighted by Crippen LogP contribution is -2.52. The first-order valence-electron chi connectivity index (χ1n) is 6.75. The average Bonchev–Trinajstić information content (AvgIpc) is 2.64. The van der Waals surface area contributed by atoms with Gasteiger partial charge < -0.3 is 15.0 Å². The van der Waals surface area contributed by atoms with Crippen LogP contribution in [-0.4, -0.2) is 66.2 Å². The molecule has 2 saturated heterocycles. The van der Waals surface area contributed by atoms with Crippen molar-refractivity contribution in [2.45, 2.75) is 44.9 Å². The van der Waals surface area contributed by atoms with Crippen molar-refractivity contribution >= 4 is 12.0 Å². The highest BCUT2D eigenvalue weighted by Gasteiger charge is 2.41. The monoisotopic (exact) mass is 269 g/mol. The van der Waals surface area contributed by atoms with Crippen LogP contribution in [0.4, 0.5) is 4.79 Å². The van der Waals surface area contributed by atoms with Gasteiger partial charge in [0.15, 0.2) is 0 Å². The molecule has 2 aliphatic rings. The van der Waals surface area contributed by atoms with Gasteiger partial charge in [-0.15, -0.1) is 0 Å². The fourth-order valence-electron chi connectivity index (χ4n) is 2.63. The van der Waals surface area contributed by atoms with Crippen LogP contribution in [0.1, 0.15) is 27.2 Å². The van der Waals surface area contributed by atoms with Crippen LogP contribution in [-0.2, 0) is 9.53 Å². The van der Waals surface area contributed by atoms with E-state index in [1.165, 1.54) is 0 Å². The molecule has 0 aromatic rings. The molecule has 6 nitrogen and oxygen atoms in total. The quantitative estimate of drug-likeness (QED) is 0.749. The van der Waals surface area contributed by atoms with E-state index >= 15 is 0 Å². The van der Waals surface area contributed by atoms with Gasteiger partial charge in [0.2, 0.25) is 5.91 Å². The molecule has 2 heterocycles. The number of likely N-dealkylation sites (N-methyl/N-ethyl adjacent to an activating group) is 1. The molecule has 2 amide bonds. The molecule has 2 aliphatic heterocycles. The van der Waals surface area contributed by atoms with Crippen molar-refractivity contribution in [2.24, 2.45) is 0 Å². The highest BCUT2D eigenvalue weighted by Crippen LogP contribution is 2.22. The number of rotatable bonds is 1. The summed E-state index contributed by atoms with van der Waals surface area (Å²) in [6.07, 6.45) is 0.265. The molecule has 0 bridgehead atoms. The predicted molar refractivity (Wildman–Crippen MR) is 70.8 cm³/mol. The lowest BCUT2D eigenvalue weighted by molar-refractivity contribution is -0.138. The number of alkyl carbamates (subject to hydrolysis) is 1. The van der Waals surface area contributed by atoms with E-state index in [4.69, 9.17) is 4.74 Å². The minimum Gasteiger partial charge on any atom is -0.444 e. The fourth-order valence-corrected chi connectivity index (χ4v) is 2.63. The fraction of sp³-hybridized carbons (Fsp3) is 0.846. The van der Waals surface area contributed by atoms with Gasteiger partial charge in [-0.2, -0.15) is 0 Å². The number of hydrogen-bond acceptors (Lipinski definition) is 4. The second kappa shape index (κ2) is 5.00. The van der Waals surface area contributed by atoms with Gasteiger partial charge in [-0.1, -0.05) is 0 Å². The smallest absolute Gasteiger partial charge is 0.407 e.